The summed E-state index contributed by atoms with van der Waals surface area (Å²) in [6.07, 6.45) is -0.855. The van der Waals surface area contributed by atoms with Gasteiger partial charge in [0.2, 0.25) is 0 Å². The minimum absolute atomic E-state index is 0.270. The van der Waals surface area contributed by atoms with Gasteiger partial charge in [-0.15, -0.1) is 0 Å². The predicted molar refractivity (Wildman–Crippen MR) is 82.0 cm³/mol. The van der Waals surface area contributed by atoms with Crippen LogP contribution in [0.4, 0.5) is 4.39 Å². The van der Waals surface area contributed by atoms with Crippen molar-refractivity contribution < 1.29 is 9.50 Å². The third kappa shape index (κ3) is 3.26. The van der Waals surface area contributed by atoms with Crippen LogP contribution < -0.4 is 5.73 Å². The zero-order valence-corrected chi connectivity index (χ0v) is 12.8. The van der Waals surface area contributed by atoms with Crippen molar-refractivity contribution in [2.24, 2.45) is 5.73 Å². The number of hydrogen-bond donors (Lipinski definition) is 2. The molecule has 2 aromatic carbocycles. The molecule has 20 heavy (non-hydrogen) atoms. The number of aliphatic hydroxyl groups excluding tert-OH is 1. The second kappa shape index (κ2) is 6.48. The van der Waals surface area contributed by atoms with Crippen LogP contribution in [0.15, 0.2) is 46.9 Å². The highest BCUT2D eigenvalue weighted by molar-refractivity contribution is 9.10. The van der Waals surface area contributed by atoms with Crippen LogP contribution >= 0.6 is 15.9 Å². The fourth-order valence-corrected chi connectivity index (χ4v) is 2.79. The highest BCUT2D eigenvalue weighted by atomic mass is 79.9. The molecule has 0 bridgehead atoms. The fourth-order valence-electron chi connectivity index (χ4n) is 2.31. The number of benzene rings is 2. The Bertz CT molecular complexity index is 603. The molecule has 0 aliphatic heterocycles. The maximum Gasteiger partial charge on any atom is 0.123 e. The van der Waals surface area contributed by atoms with Crippen LogP contribution in [-0.4, -0.2) is 11.7 Å². The first-order chi connectivity index (χ1) is 9.52. The molecule has 0 fully saturated rings. The van der Waals surface area contributed by atoms with E-state index in [2.05, 4.69) is 15.9 Å². The fraction of sp³-hybridized carbons (Fsp3) is 0.250. The van der Waals surface area contributed by atoms with Crippen LogP contribution in [0, 0.1) is 12.7 Å². The van der Waals surface area contributed by atoms with Gasteiger partial charge in [-0.05, 0) is 36.2 Å². The van der Waals surface area contributed by atoms with Crippen LogP contribution in [0.5, 0.6) is 0 Å². The number of aliphatic hydroxyl groups is 1. The van der Waals surface area contributed by atoms with E-state index in [0.717, 1.165) is 11.1 Å². The summed E-state index contributed by atoms with van der Waals surface area (Å²) < 4.78 is 14.1. The Hall–Kier alpha value is -1.23. The van der Waals surface area contributed by atoms with Crippen molar-refractivity contribution in [2.75, 3.05) is 6.54 Å². The lowest BCUT2D eigenvalue weighted by Gasteiger charge is -2.23. The molecule has 4 heteroatoms. The summed E-state index contributed by atoms with van der Waals surface area (Å²) in [5.41, 5.74) is 8.39. The molecular weight excluding hydrogens is 321 g/mol. The predicted octanol–water partition coefficient (Wildman–Crippen LogP) is 3.67. The van der Waals surface area contributed by atoms with Gasteiger partial charge in [0, 0.05) is 16.9 Å². The zero-order chi connectivity index (χ0) is 14.7. The molecule has 0 aliphatic carbocycles. The number of halogens is 2. The molecule has 0 saturated heterocycles. The first-order valence-electron chi connectivity index (χ1n) is 6.42. The monoisotopic (exact) mass is 337 g/mol. The van der Waals surface area contributed by atoms with Gasteiger partial charge in [-0.25, -0.2) is 4.39 Å². The van der Waals surface area contributed by atoms with E-state index in [9.17, 15) is 9.50 Å². The molecule has 0 spiro atoms. The topological polar surface area (TPSA) is 46.2 Å². The lowest BCUT2D eigenvalue weighted by Crippen LogP contribution is -2.20. The SMILES string of the molecule is Cc1cccc(C(CN)C(O)c2cc(F)ccc2Br)c1. The van der Waals surface area contributed by atoms with E-state index in [4.69, 9.17) is 5.73 Å². The molecule has 2 atom stereocenters. The maximum absolute atomic E-state index is 13.4. The Morgan fingerprint density at radius 1 is 1.25 bits per heavy atom. The molecule has 0 heterocycles. The maximum atomic E-state index is 13.4. The van der Waals surface area contributed by atoms with Gasteiger partial charge in [0.15, 0.2) is 0 Å². The normalized spacial score (nSPS) is 14.1. The average Bonchev–Trinajstić information content (AvgIpc) is 2.42. The second-order valence-electron chi connectivity index (χ2n) is 4.87. The summed E-state index contributed by atoms with van der Waals surface area (Å²) >= 11 is 3.35. The number of hydrogen-bond acceptors (Lipinski definition) is 2. The lowest BCUT2D eigenvalue weighted by atomic mass is 9.88. The molecule has 2 aromatic rings. The molecule has 3 N–H and O–H groups in total. The Balaban J connectivity index is 2.38. The summed E-state index contributed by atoms with van der Waals surface area (Å²) in [6.45, 7) is 2.27. The molecular formula is C16H17BrFNO. The number of rotatable bonds is 4. The largest absolute Gasteiger partial charge is 0.388 e. The first kappa shape index (κ1) is 15.2. The molecule has 2 nitrogen and oxygen atoms in total. The Morgan fingerprint density at radius 3 is 2.65 bits per heavy atom. The van der Waals surface area contributed by atoms with Crippen molar-refractivity contribution in [1.82, 2.24) is 0 Å². The second-order valence-corrected chi connectivity index (χ2v) is 5.72. The molecule has 0 amide bonds. The highest BCUT2D eigenvalue weighted by Gasteiger charge is 2.23. The van der Waals surface area contributed by atoms with E-state index in [-0.39, 0.29) is 18.3 Å². The van der Waals surface area contributed by atoms with Crippen molar-refractivity contribution in [1.29, 1.82) is 0 Å². The smallest absolute Gasteiger partial charge is 0.123 e. The molecule has 0 radical (unpaired) electrons. The van der Waals surface area contributed by atoms with E-state index in [1.54, 1.807) is 6.07 Å². The van der Waals surface area contributed by atoms with E-state index >= 15 is 0 Å². The average molecular weight is 338 g/mol. The molecule has 2 unspecified atom stereocenters. The quantitative estimate of drug-likeness (QED) is 0.893. The number of aryl methyl sites for hydroxylation is 1. The van der Waals surface area contributed by atoms with Crippen LogP contribution in [-0.2, 0) is 0 Å². The summed E-state index contributed by atoms with van der Waals surface area (Å²) in [7, 11) is 0. The van der Waals surface area contributed by atoms with Crippen LogP contribution in [0.2, 0.25) is 0 Å². The summed E-state index contributed by atoms with van der Waals surface area (Å²) in [5, 5.41) is 10.6. The molecule has 2 rings (SSSR count). The van der Waals surface area contributed by atoms with Gasteiger partial charge in [0.05, 0.1) is 6.10 Å². The van der Waals surface area contributed by atoms with Gasteiger partial charge in [-0.2, -0.15) is 0 Å². The van der Waals surface area contributed by atoms with Crippen molar-refractivity contribution in [3.8, 4) is 0 Å². The number of nitrogens with two attached hydrogens (primary N) is 1. The van der Waals surface area contributed by atoms with Crippen LogP contribution in [0.1, 0.15) is 28.7 Å². The zero-order valence-electron chi connectivity index (χ0n) is 11.2. The van der Waals surface area contributed by atoms with E-state index < -0.39 is 6.10 Å². The van der Waals surface area contributed by atoms with Crippen molar-refractivity contribution in [2.45, 2.75) is 18.9 Å². The highest BCUT2D eigenvalue weighted by Crippen LogP contribution is 2.34. The molecule has 0 saturated carbocycles. The minimum Gasteiger partial charge on any atom is -0.388 e. The van der Waals surface area contributed by atoms with E-state index in [1.165, 1.54) is 12.1 Å². The van der Waals surface area contributed by atoms with Gasteiger partial charge < -0.3 is 10.8 Å². The molecule has 0 aliphatic rings. The van der Waals surface area contributed by atoms with Gasteiger partial charge in [-0.1, -0.05) is 45.8 Å². The third-order valence-corrected chi connectivity index (χ3v) is 4.10. The Kier molecular flexibility index (Phi) is 4.91. The standard InChI is InChI=1S/C16H17BrFNO/c1-10-3-2-4-11(7-10)14(9-19)16(20)13-8-12(18)5-6-15(13)17/h2-8,14,16,20H,9,19H2,1H3. The van der Waals surface area contributed by atoms with Gasteiger partial charge in [-0.3, -0.25) is 0 Å². The Labute approximate surface area is 126 Å². The van der Waals surface area contributed by atoms with Crippen molar-refractivity contribution >= 4 is 15.9 Å². The van der Waals surface area contributed by atoms with Crippen molar-refractivity contribution in [3.05, 3.63) is 69.4 Å². The first-order valence-corrected chi connectivity index (χ1v) is 7.22. The summed E-state index contributed by atoms with van der Waals surface area (Å²) in [5.74, 6) is -0.643. The van der Waals surface area contributed by atoms with Gasteiger partial charge in [0.25, 0.3) is 0 Å². The third-order valence-electron chi connectivity index (χ3n) is 3.38. The molecule has 106 valence electrons. The summed E-state index contributed by atoms with van der Waals surface area (Å²) in [6, 6.07) is 12.1. The van der Waals surface area contributed by atoms with Gasteiger partial charge >= 0.3 is 0 Å². The van der Waals surface area contributed by atoms with Crippen molar-refractivity contribution in [3.63, 3.8) is 0 Å². The van der Waals surface area contributed by atoms with E-state index in [0.29, 0.717) is 10.0 Å². The Morgan fingerprint density at radius 2 is 2.00 bits per heavy atom. The van der Waals surface area contributed by atoms with Crippen LogP contribution in [0.25, 0.3) is 0 Å². The van der Waals surface area contributed by atoms with Crippen LogP contribution in [0.3, 0.4) is 0 Å². The van der Waals surface area contributed by atoms with E-state index in [1.807, 2.05) is 31.2 Å². The molecule has 0 aromatic heterocycles. The lowest BCUT2D eigenvalue weighted by molar-refractivity contribution is 0.146. The van der Waals surface area contributed by atoms with Gasteiger partial charge in [0.1, 0.15) is 5.82 Å². The minimum atomic E-state index is -0.855. The summed E-state index contributed by atoms with van der Waals surface area (Å²) in [4.78, 5) is 0.